The van der Waals surface area contributed by atoms with E-state index in [1.807, 2.05) is 46.7 Å². The number of amides is 1. The summed E-state index contributed by atoms with van der Waals surface area (Å²) in [6.07, 6.45) is 2.64. The lowest BCUT2D eigenvalue weighted by molar-refractivity contribution is 0.0984. The molecule has 4 heterocycles. The number of carbonyl (C=O) groups excluding carboxylic acids is 1. The number of benzene rings is 1. The highest BCUT2D eigenvalue weighted by molar-refractivity contribution is 7.13. The SMILES string of the molecule is O=C(c1cc2nccc(-c3cccs3)n2n1)N1CCc2ccccc21. The Morgan fingerprint density at radius 3 is 2.92 bits per heavy atom. The van der Waals surface area contributed by atoms with Gasteiger partial charge in [-0.25, -0.2) is 9.50 Å². The van der Waals surface area contributed by atoms with Crippen LogP contribution in [0.2, 0.25) is 0 Å². The third-order valence-electron chi connectivity index (χ3n) is 4.48. The predicted octanol–water partition coefficient (Wildman–Crippen LogP) is 3.66. The highest BCUT2D eigenvalue weighted by Crippen LogP contribution is 2.29. The molecule has 0 bridgehead atoms. The highest BCUT2D eigenvalue weighted by atomic mass is 32.1. The average Bonchev–Trinajstić information content (AvgIpc) is 3.38. The molecule has 0 aliphatic carbocycles. The summed E-state index contributed by atoms with van der Waals surface area (Å²) in [5, 5.41) is 6.58. The minimum atomic E-state index is -0.0763. The Morgan fingerprint density at radius 2 is 2.04 bits per heavy atom. The predicted molar refractivity (Wildman–Crippen MR) is 98.1 cm³/mol. The molecule has 5 rings (SSSR count). The van der Waals surface area contributed by atoms with Crippen molar-refractivity contribution in [3.05, 3.63) is 71.4 Å². The van der Waals surface area contributed by atoms with Crippen LogP contribution in [0.1, 0.15) is 16.1 Å². The van der Waals surface area contributed by atoms with Crippen molar-refractivity contribution in [2.24, 2.45) is 0 Å². The summed E-state index contributed by atoms with van der Waals surface area (Å²) in [5.41, 5.74) is 4.24. The maximum atomic E-state index is 13.0. The molecule has 4 aromatic rings. The summed E-state index contributed by atoms with van der Waals surface area (Å²) in [7, 11) is 0. The molecule has 0 unspecified atom stereocenters. The van der Waals surface area contributed by atoms with Gasteiger partial charge in [-0.1, -0.05) is 24.3 Å². The number of fused-ring (bicyclic) bond motifs is 2. The normalized spacial score (nSPS) is 13.4. The third kappa shape index (κ3) is 2.26. The molecule has 3 aromatic heterocycles. The number of para-hydroxylation sites is 1. The van der Waals surface area contributed by atoms with E-state index in [0.717, 1.165) is 22.7 Å². The molecule has 0 saturated carbocycles. The highest BCUT2D eigenvalue weighted by Gasteiger charge is 2.27. The molecule has 1 aliphatic rings. The van der Waals surface area contributed by atoms with Gasteiger partial charge in [0.25, 0.3) is 5.91 Å². The number of hydrogen-bond acceptors (Lipinski definition) is 4. The molecule has 0 radical (unpaired) electrons. The topological polar surface area (TPSA) is 50.5 Å². The van der Waals surface area contributed by atoms with Crippen molar-refractivity contribution >= 4 is 28.6 Å². The van der Waals surface area contributed by atoms with Crippen LogP contribution in [0.25, 0.3) is 16.2 Å². The minimum Gasteiger partial charge on any atom is -0.306 e. The van der Waals surface area contributed by atoms with Crippen molar-refractivity contribution in [2.45, 2.75) is 6.42 Å². The second-order valence-electron chi connectivity index (χ2n) is 5.94. The molecule has 1 aliphatic heterocycles. The Kier molecular flexibility index (Phi) is 3.18. The maximum Gasteiger partial charge on any atom is 0.278 e. The van der Waals surface area contributed by atoms with Gasteiger partial charge in [0.15, 0.2) is 11.3 Å². The first-order valence-electron chi connectivity index (χ1n) is 8.10. The van der Waals surface area contributed by atoms with Crippen LogP contribution < -0.4 is 4.90 Å². The minimum absolute atomic E-state index is 0.0763. The fourth-order valence-corrected chi connectivity index (χ4v) is 4.03. The zero-order valence-corrected chi connectivity index (χ0v) is 14.1. The Hall–Kier alpha value is -2.99. The van der Waals surface area contributed by atoms with Gasteiger partial charge in [0, 0.05) is 24.5 Å². The number of rotatable bonds is 2. The second kappa shape index (κ2) is 5.53. The molecule has 0 N–H and O–H groups in total. The summed E-state index contributed by atoms with van der Waals surface area (Å²) in [4.78, 5) is 20.3. The number of aromatic nitrogens is 3. The van der Waals surface area contributed by atoms with Crippen molar-refractivity contribution in [2.75, 3.05) is 11.4 Å². The van der Waals surface area contributed by atoms with Gasteiger partial charge < -0.3 is 4.90 Å². The largest absolute Gasteiger partial charge is 0.306 e. The van der Waals surface area contributed by atoms with Crippen molar-refractivity contribution < 1.29 is 4.79 Å². The number of nitrogens with zero attached hydrogens (tertiary/aromatic N) is 4. The molecule has 0 spiro atoms. The fourth-order valence-electron chi connectivity index (χ4n) is 3.30. The van der Waals surface area contributed by atoms with E-state index >= 15 is 0 Å². The monoisotopic (exact) mass is 346 g/mol. The molecule has 1 aromatic carbocycles. The molecule has 1 amide bonds. The Bertz CT molecular complexity index is 1080. The summed E-state index contributed by atoms with van der Waals surface area (Å²) in [6.45, 7) is 0.692. The van der Waals surface area contributed by atoms with Crippen LogP contribution >= 0.6 is 11.3 Å². The lowest BCUT2D eigenvalue weighted by Gasteiger charge is -2.15. The Morgan fingerprint density at radius 1 is 1.12 bits per heavy atom. The van der Waals surface area contributed by atoms with Crippen molar-refractivity contribution in [1.29, 1.82) is 0 Å². The first kappa shape index (κ1) is 14.4. The lowest BCUT2D eigenvalue weighted by atomic mass is 10.2. The van der Waals surface area contributed by atoms with Gasteiger partial charge in [-0.15, -0.1) is 11.3 Å². The number of anilines is 1. The Balaban J connectivity index is 1.58. The molecular weight excluding hydrogens is 332 g/mol. The Labute approximate surface area is 148 Å². The van der Waals surface area contributed by atoms with Crippen LogP contribution in [0.5, 0.6) is 0 Å². The molecule has 6 heteroatoms. The van der Waals surface area contributed by atoms with Gasteiger partial charge in [0.2, 0.25) is 0 Å². The summed E-state index contributed by atoms with van der Waals surface area (Å²) >= 11 is 1.64. The first-order valence-corrected chi connectivity index (χ1v) is 8.98. The molecule has 25 heavy (non-hydrogen) atoms. The van der Waals surface area contributed by atoms with Gasteiger partial charge in [0.05, 0.1) is 10.6 Å². The van der Waals surface area contributed by atoms with E-state index in [1.54, 1.807) is 28.1 Å². The van der Waals surface area contributed by atoms with E-state index in [4.69, 9.17) is 0 Å². The molecule has 122 valence electrons. The van der Waals surface area contributed by atoms with Gasteiger partial charge in [-0.3, -0.25) is 4.79 Å². The first-order chi connectivity index (χ1) is 12.3. The van der Waals surface area contributed by atoms with E-state index in [9.17, 15) is 4.79 Å². The quantitative estimate of drug-likeness (QED) is 0.556. The fraction of sp³-hybridized carbons (Fsp3) is 0.105. The van der Waals surface area contributed by atoms with Crippen LogP contribution in [0.3, 0.4) is 0 Å². The van der Waals surface area contributed by atoms with E-state index in [-0.39, 0.29) is 5.91 Å². The van der Waals surface area contributed by atoms with E-state index in [2.05, 4.69) is 16.1 Å². The zero-order valence-electron chi connectivity index (χ0n) is 13.3. The van der Waals surface area contributed by atoms with E-state index in [1.165, 1.54) is 5.56 Å². The van der Waals surface area contributed by atoms with Gasteiger partial charge >= 0.3 is 0 Å². The van der Waals surface area contributed by atoms with Crippen LogP contribution in [-0.2, 0) is 6.42 Å². The lowest BCUT2D eigenvalue weighted by Crippen LogP contribution is -2.29. The van der Waals surface area contributed by atoms with Crippen molar-refractivity contribution in [3.8, 4) is 10.6 Å². The molecule has 0 atom stereocenters. The zero-order chi connectivity index (χ0) is 16.8. The number of hydrogen-bond donors (Lipinski definition) is 0. The van der Waals surface area contributed by atoms with E-state index in [0.29, 0.717) is 17.9 Å². The summed E-state index contributed by atoms with van der Waals surface area (Å²) in [5.74, 6) is -0.0763. The summed E-state index contributed by atoms with van der Waals surface area (Å²) in [6, 6.07) is 15.8. The summed E-state index contributed by atoms with van der Waals surface area (Å²) < 4.78 is 1.75. The van der Waals surface area contributed by atoms with E-state index < -0.39 is 0 Å². The van der Waals surface area contributed by atoms with Crippen LogP contribution in [0, 0.1) is 0 Å². The van der Waals surface area contributed by atoms with Crippen molar-refractivity contribution in [3.63, 3.8) is 0 Å². The van der Waals surface area contributed by atoms with Crippen LogP contribution in [0.4, 0.5) is 5.69 Å². The number of carbonyl (C=O) groups is 1. The molecule has 0 saturated heterocycles. The standard InChI is InChI=1S/C19H14N4OS/c24-19(22-10-8-13-4-1-2-5-15(13)22)14-12-18-20-9-7-16(23(18)21-14)17-6-3-11-25-17/h1-7,9,11-12H,8,10H2. The molecule has 5 nitrogen and oxygen atoms in total. The number of thiophene rings is 1. The maximum absolute atomic E-state index is 13.0. The van der Waals surface area contributed by atoms with Crippen LogP contribution in [0.15, 0.2) is 60.1 Å². The average molecular weight is 346 g/mol. The molecule has 0 fully saturated rings. The van der Waals surface area contributed by atoms with Gasteiger partial charge in [-0.2, -0.15) is 5.10 Å². The third-order valence-corrected chi connectivity index (χ3v) is 5.38. The van der Waals surface area contributed by atoms with Crippen molar-refractivity contribution in [1.82, 2.24) is 14.6 Å². The van der Waals surface area contributed by atoms with Gasteiger partial charge in [-0.05, 0) is 35.6 Å². The van der Waals surface area contributed by atoms with Gasteiger partial charge in [0.1, 0.15) is 0 Å². The smallest absolute Gasteiger partial charge is 0.278 e. The van der Waals surface area contributed by atoms with Crippen LogP contribution in [-0.4, -0.2) is 27.0 Å². The second-order valence-corrected chi connectivity index (χ2v) is 6.89. The molecular formula is C19H14N4OS.